The molecular weight excluding hydrogens is 362 g/mol. The number of carbonyl (C=O) groups is 1. The van der Waals surface area contributed by atoms with Gasteiger partial charge in [0.25, 0.3) is 11.5 Å². The fraction of sp³-hybridized carbons (Fsp3) is 0.600. The summed E-state index contributed by atoms with van der Waals surface area (Å²) in [5.41, 5.74) is -4.80. The van der Waals surface area contributed by atoms with Gasteiger partial charge in [-0.2, -0.15) is 26.3 Å². The highest BCUT2D eigenvalue weighted by atomic mass is 35.5. The van der Waals surface area contributed by atoms with Gasteiger partial charge in [0, 0.05) is 13.1 Å². The van der Waals surface area contributed by atoms with Crippen LogP contribution in [0.4, 0.5) is 26.3 Å². The van der Waals surface area contributed by atoms with Crippen molar-refractivity contribution in [2.75, 3.05) is 13.1 Å². The molecular formula is C10H7ClF6N2O2S. The van der Waals surface area contributed by atoms with Crippen LogP contribution >= 0.6 is 23.1 Å². The predicted octanol–water partition coefficient (Wildman–Crippen LogP) is 3.05. The van der Waals surface area contributed by atoms with Crippen molar-refractivity contribution < 1.29 is 31.1 Å². The van der Waals surface area contributed by atoms with E-state index < -0.39 is 58.6 Å². The van der Waals surface area contributed by atoms with Gasteiger partial charge in [-0.3, -0.25) is 14.0 Å². The number of likely N-dealkylation sites (tertiary alicyclic amines) is 1. The number of aromatic nitrogens is 1. The van der Waals surface area contributed by atoms with Crippen LogP contribution in [0.15, 0.2) is 4.79 Å². The van der Waals surface area contributed by atoms with Crippen molar-refractivity contribution in [1.29, 1.82) is 0 Å². The van der Waals surface area contributed by atoms with E-state index in [2.05, 4.69) is 4.37 Å². The lowest BCUT2D eigenvalue weighted by Crippen LogP contribution is -2.52. The summed E-state index contributed by atoms with van der Waals surface area (Å²) >= 11 is 5.97. The molecule has 4 nitrogen and oxygen atoms in total. The highest BCUT2D eigenvalue weighted by Crippen LogP contribution is 2.55. The second-order valence-corrected chi connectivity index (χ2v) is 5.93. The molecule has 0 radical (unpaired) electrons. The fourth-order valence-electron chi connectivity index (χ4n) is 2.18. The number of amides is 1. The summed E-state index contributed by atoms with van der Waals surface area (Å²) in [6.07, 6.45) is -12.4. The molecule has 1 fully saturated rings. The van der Waals surface area contributed by atoms with E-state index in [9.17, 15) is 35.9 Å². The lowest BCUT2D eigenvalue weighted by atomic mass is 9.85. The number of nitrogens with one attached hydrogen (secondary N) is 1. The Morgan fingerprint density at radius 1 is 1.23 bits per heavy atom. The summed E-state index contributed by atoms with van der Waals surface area (Å²) in [6.45, 7) is -2.29. The predicted molar refractivity (Wildman–Crippen MR) is 65.0 cm³/mol. The molecule has 0 atom stereocenters. The summed E-state index contributed by atoms with van der Waals surface area (Å²) in [7, 11) is 0. The summed E-state index contributed by atoms with van der Waals surface area (Å²) < 4.78 is 79.5. The van der Waals surface area contributed by atoms with Gasteiger partial charge in [0.2, 0.25) is 0 Å². The number of alkyl halides is 6. The first kappa shape index (κ1) is 17.1. The zero-order chi connectivity index (χ0) is 16.9. The topological polar surface area (TPSA) is 53.2 Å². The van der Waals surface area contributed by atoms with Gasteiger partial charge in [0.1, 0.15) is 9.90 Å². The molecule has 12 heteroatoms. The SMILES string of the molecule is O=C(c1s[nH]c(=O)c1Cl)N1CCC(C(F)(F)F)(C(F)(F)F)C1. The minimum absolute atomic E-state index is 0.409. The van der Waals surface area contributed by atoms with Crippen molar-refractivity contribution in [2.24, 2.45) is 5.41 Å². The van der Waals surface area contributed by atoms with Gasteiger partial charge < -0.3 is 4.90 Å². The Balaban J connectivity index is 2.33. The first-order valence-electron chi connectivity index (χ1n) is 5.70. The molecule has 0 aliphatic carbocycles. The number of halogens is 7. The zero-order valence-corrected chi connectivity index (χ0v) is 12.0. The molecule has 1 aliphatic heterocycles. The van der Waals surface area contributed by atoms with Crippen LogP contribution in [0.5, 0.6) is 0 Å². The van der Waals surface area contributed by atoms with E-state index in [1.54, 1.807) is 0 Å². The Hall–Kier alpha value is -1.23. The van der Waals surface area contributed by atoms with Gasteiger partial charge in [-0.05, 0) is 6.42 Å². The highest BCUT2D eigenvalue weighted by Gasteiger charge is 2.73. The van der Waals surface area contributed by atoms with Gasteiger partial charge in [-0.15, -0.1) is 0 Å². The van der Waals surface area contributed by atoms with Gasteiger partial charge >= 0.3 is 12.4 Å². The van der Waals surface area contributed by atoms with E-state index in [1.165, 1.54) is 0 Å². The summed E-state index contributed by atoms with van der Waals surface area (Å²) in [4.78, 5) is 23.1. The Bertz CT molecular complexity index is 635. The smallest absolute Gasteiger partial charge is 0.337 e. The molecule has 2 heterocycles. The summed E-state index contributed by atoms with van der Waals surface area (Å²) in [5.74, 6) is -1.14. The van der Waals surface area contributed by atoms with Crippen molar-refractivity contribution in [3.05, 3.63) is 20.3 Å². The van der Waals surface area contributed by atoms with Gasteiger partial charge in [0.15, 0.2) is 5.41 Å². The van der Waals surface area contributed by atoms with Crippen LogP contribution in [-0.2, 0) is 0 Å². The standard InChI is InChI=1S/C10H7ClF6N2O2S/c11-4-5(22-18-6(4)20)7(21)19-2-1-8(3-19,9(12,13)14)10(15,16)17/h1-3H2,(H,18,20). The molecule has 1 amide bonds. The molecule has 1 aliphatic rings. The molecule has 0 saturated carbocycles. The Morgan fingerprint density at radius 2 is 1.77 bits per heavy atom. The maximum atomic E-state index is 12.9. The summed E-state index contributed by atoms with van der Waals surface area (Å²) in [5, 5.41) is -0.550. The average molecular weight is 369 g/mol. The van der Waals surface area contributed by atoms with Crippen LogP contribution in [0.25, 0.3) is 0 Å². The number of hydrogen-bond donors (Lipinski definition) is 1. The first-order chi connectivity index (χ1) is 9.91. The van der Waals surface area contributed by atoms with Crippen molar-refractivity contribution in [2.45, 2.75) is 18.8 Å². The number of aromatic amines is 1. The van der Waals surface area contributed by atoms with Crippen LogP contribution in [0.2, 0.25) is 5.02 Å². The molecule has 1 aromatic heterocycles. The van der Waals surface area contributed by atoms with Crippen LogP contribution in [0.1, 0.15) is 16.1 Å². The fourth-order valence-corrected chi connectivity index (χ4v) is 3.17. The molecule has 124 valence electrons. The van der Waals surface area contributed by atoms with Gasteiger partial charge in [-0.1, -0.05) is 23.1 Å². The van der Waals surface area contributed by atoms with Crippen molar-refractivity contribution in [3.8, 4) is 0 Å². The lowest BCUT2D eigenvalue weighted by molar-refractivity contribution is -0.334. The molecule has 0 unspecified atom stereocenters. The third-order valence-electron chi connectivity index (χ3n) is 3.48. The normalized spacial score (nSPS) is 18.8. The minimum Gasteiger partial charge on any atom is -0.337 e. The molecule has 0 aromatic carbocycles. The maximum Gasteiger partial charge on any atom is 0.404 e. The van der Waals surface area contributed by atoms with Crippen molar-refractivity contribution >= 4 is 29.0 Å². The van der Waals surface area contributed by atoms with Crippen LogP contribution in [-0.4, -0.2) is 40.6 Å². The van der Waals surface area contributed by atoms with E-state index in [0.29, 0.717) is 16.4 Å². The Kier molecular flexibility index (Phi) is 4.01. The monoisotopic (exact) mass is 368 g/mol. The molecule has 22 heavy (non-hydrogen) atoms. The highest BCUT2D eigenvalue weighted by molar-refractivity contribution is 7.08. The van der Waals surface area contributed by atoms with E-state index in [4.69, 9.17) is 11.6 Å². The number of rotatable bonds is 1. The Morgan fingerprint density at radius 3 is 2.14 bits per heavy atom. The number of nitrogens with zero attached hydrogens (tertiary/aromatic N) is 1. The minimum atomic E-state index is -5.55. The van der Waals surface area contributed by atoms with Crippen LogP contribution < -0.4 is 5.56 Å². The second-order valence-electron chi connectivity index (χ2n) is 4.73. The first-order valence-corrected chi connectivity index (χ1v) is 6.90. The Labute approximate surface area is 127 Å². The molecule has 2 rings (SSSR count). The largest absolute Gasteiger partial charge is 0.404 e. The summed E-state index contributed by atoms with van der Waals surface area (Å²) in [6, 6.07) is 0. The van der Waals surface area contributed by atoms with Crippen molar-refractivity contribution in [1.82, 2.24) is 9.27 Å². The van der Waals surface area contributed by atoms with E-state index in [0.717, 1.165) is 0 Å². The van der Waals surface area contributed by atoms with Crippen molar-refractivity contribution in [3.63, 3.8) is 0 Å². The number of H-pyrrole nitrogens is 1. The molecule has 1 saturated heterocycles. The quantitative estimate of drug-likeness (QED) is 0.775. The molecule has 0 spiro atoms. The third-order valence-corrected chi connectivity index (χ3v) is 4.82. The van der Waals surface area contributed by atoms with Gasteiger partial charge in [-0.25, -0.2) is 0 Å². The van der Waals surface area contributed by atoms with E-state index >= 15 is 0 Å². The molecule has 0 bridgehead atoms. The van der Waals surface area contributed by atoms with Crippen LogP contribution in [0, 0.1) is 5.41 Å². The third kappa shape index (κ3) is 2.49. The molecule has 1 aromatic rings. The number of carbonyl (C=O) groups excluding carboxylic acids is 1. The second kappa shape index (κ2) is 5.15. The van der Waals surface area contributed by atoms with Gasteiger partial charge in [0.05, 0.1) is 0 Å². The molecule has 1 N–H and O–H groups in total. The maximum absolute atomic E-state index is 12.9. The average Bonchev–Trinajstić information content (AvgIpc) is 2.94. The van der Waals surface area contributed by atoms with Crippen LogP contribution in [0.3, 0.4) is 0 Å². The van der Waals surface area contributed by atoms with E-state index in [1.807, 2.05) is 0 Å². The van der Waals surface area contributed by atoms with E-state index in [-0.39, 0.29) is 0 Å². The number of hydrogen-bond acceptors (Lipinski definition) is 3. The lowest BCUT2D eigenvalue weighted by Gasteiger charge is -2.33. The zero-order valence-electron chi connectivity index (χ0n) is 10.4.